The molecule has 65 heavy (non-hydrogen) atoms. The van der Waals surface area contributed by atoms with Gasteiger partial charge in [0.25, 0.3) is 5.91 Å². The molecule has 2 atom stereocenters. The van der Waals surface area contributed by atoms with E-state index in [9.17, 15) is 23.6 Å². The molecule has 4 aliphatic rings. The van der Waals surface area contributed by atoms with E-state index in [1.54, 1.807) is 4.90 Å². The number of imide groups is 1. The van der Waals surface area contributed by atoms with Gasteiger partial charge < -0.3 is 25.2 Å². The highest BCUT2D eigenvalue weighted by Gasteiger charge is 2.39. The highest BCUT2D eigenvalue weighted by Crippen LogP contribution is 2.36. The molecular weight excluding hydrogens is 830 g/mol. The van der Waals surface area contributed by atoms with Crippen molar-refractivity contribution < 1.29 is 28.3 Å². The van der Waals surface area contributed by atoms with Gasteiger partial charge in [0.1, 0.15) is 41.3 Å². The number of piperidine rings is 1. The van der Waals surface area contributed by atoms with E-state index in [1.165, 1.54) is 31.6 Å². The summed E-state index contributed by atoms with van der Waals surface area (Å²) in [5.41, 5.74) is 13.6. The van der Waals surface area contributed by atoms with Crippen LogP contribution in [0.1, 0.15) is 69.1 Å². The number of hydrogen-bond donors (Lipinski definition) is 2. The van der Waals surface area contributed by atoms with Crippen molar-refractivity contribution >= 4 is 51.9 Å². The number of nitrogens with zero attached hydrogens (tertiary/aromatic N) is 9. The number of nitrogens with one attached hydrogen (secondary N) is 1. The zero-order chi connectivity index (χ0) is 44.8. The zero-order valence-corrected chi connectivity index (χ0v) is 36.0. The maximum absolute atomic E-state index is 13.9. The van der Waals surface area contributed by atoms with Crippen LogP contribution < -0.4 is 25.6 Å². The third-order valence-corrected chi connectivity index (χ3v) is 13.1. The van der Waals surface area contributed by atoms with Gasteiger partial charge in [-0.05, 0) is 78.4 Å². The molecule has 10 rings (SSSR count). The van der Waals surface area contributed by atoms with Crippen molar-refractivity contribution in [2.24, 2.45) is 0 Å². The maximum atomic E-state index is 13.9. The quantitative estimate of drug-likeness (QED) is 0.124. The van der Waals surface area contributed by atoms with E-state index in [-0.39, 0.29) is 42.0 Å². The molecule has 3 N–H and O–H groups in total. The van der Waals surface area contributed by atoms with E-state index in [2.05, 4.69) is 48.2 Å². The summed E-state index contributed by atoms with van der Waals surface area (Å²) in [5.74, 6) is 0.0831. The number of carbonyl (C=O) groups is 4. The van der Waals surface area contributed by atoms with Crippen LogP contribution in [-0.4, -0.2) is 110 Å². The van der Waals surface area contributed by atoms with Crippen molar-refractivity contribution in [3.8, 4) is 17.0 Å². The maximum Gasteiger partial charge on any atom is 0.255 e. The SMILES string of the molecule is COc1ccc(F)cc1C(=O)CCc1ccc(-c2nn([C@@H]3CCN(c4ccc(CN5CCN(c6ccc7c(c6)CN([C@H]6CCC(=O)NC6=O)C7=O)CC5)cn4)C3)c3ncnc(N)c23)cc1. The summed E-state index contributed by atoms with van der Waals surface area (Å²) in [6, 6.07) is 21.4. The Morgan fingerprint density at radius 1 is 0.892 bits per heavy atom. The highest BCUT2D eigenvalue weighted by molar-refractivity contribution is 6.05. The molecular formula is C48H48FN11O5. The van der Waals surface area contributed by atoms with Gasteiger partial charge in [0.2, 0.25) is 11.8 Å². The van der Waals surface area contributed by atoms with Gasteiger partial charge >= 0.3 is 0 Å². The Morgan fingerprint density at radius 3 is 2.48 bits per heavy atom. The Bertz CT molecular complexity index is 2830. The largest absolute Gasteiger partial charge is 0.496 e. The Hall–Kier alpha value is -7.27. The first-order chi connectivity index (χ1) is 31.6. The minimum atomic E-state index is -0.624. The van der Waals surface area contributed by atoms with Crippen molar-refractivity contribution in [3.63, 3.8) is 0 Å². The number of fused-ring (bicyclic) bond motifs is 2. The smallest absolute Gasteiger partial charge is 0.255 e. The predicted octanol–water partition coefficient (Wildman–Crippen LogP) is 4.97. The van der Waals surface area contributed by atoms with Gasteiger partial charge in [0.05, 0.1) is 24.1 Å². The van der Waals surface area contributed by atoms with E-state index >= 15 is 0 Å². The van der Waals surface area contributed by atoms with Crippen molar-refractivity contribution in [2.45, 2.75) is 57.3 Å². The second kappa shape index (κ2) is 17.4. The van der Waals surface area contributed by atoms with Gasteiger partial charge in [-0.3, -0.25) is 29.4 Å². The molecule has 0 unspecified atom stereocenters. The number of halogens is 1. The van der Waals surface area contributed by atoms with Crippen LogP contribution in [0.3, 0.4) is 0 Å². The molecule has 17 heteroatoms. The van der Waals surface area contributed by atoms with Crippen LogP contribution in [0.25, 0.3) is 22.3 Å². The molecule has 6 aromatic rings. The minimum absolute atomic E-state index is 0.0267. The van der Waals surface area contributed by atoms with Crippen molar-refractivity contribution in [2.75, 3.05) is 61.9 Å². The van der Waals surface area contributed by atoms with Crippen LogP contribution in [0.4, 0.5) is 21.7 Å². The molecule has 7 heterocycles. The number of aromatic nitrogens is 5. The van der Waals surface area contributed by atoms with Crippen LogP contribution in [0, 0.1) is 5.82 Å². The molecule has 4 aliphatic heterocycles. The van der Waals surface area contributed by atoms with Crippen LogP contribution in [-0.2, 0) is 29.1 Å². The van der Waals surface area contributed by atoms with Crippen molar-refractivity contribution in [1.29, 1.82) is 0 Å². The van der Waals surface area contributed by atoms with E-state index in [4.69, 9.17) is 20.6 Å². The van der Waals surface area contributed by atoms with Crippen LogP contribution in [0.2, 0.25) is 0 Å². The molecule has 0 aliphatic carbocycles. The number of rotatable bonds is 12. The Balaban J connectivity index is 0.743. The molecule has 0 radical (unpaired) electrons. The standard InChI is InChI=1S/C48H48FN11O5/c1-65-40-13-8-33(49)23-37(40)39(61)12-4-29-2-6-31(7-3-29)44-43-45(50)52-28-53-46(43)60(55-44)35-16-17-58(27-35)41-14-5-30(24-51-41)25-56-18-20-57(21-19-56)34-9-10-36-32(22-34)26-59(48(36)64)38-11-15-42(62)54-47(38)63/h2-3,5-10,13-14,22-24,28,35,38H,4,11-12,15-21,25-27H2,1H3,(H2,50,52,53)(H,54,62,63)/t35-,38+/m1/s1. The van der Waals surface area contributed by atoms with E-state index in [1.807, 2.05) is 47.3 Å². The molecule has 0 bridgehead atoms. The number of methoxy groups -OCH3 is 1. The summed E-state index contributed by atoms with van der Waals surface area (Å²) in [6.07, 6.45) is 5.54. The summed E-state index contributed by atoms with van der Waals surface area (Å²) in [6.45, 7) is 6.09. The number of pyridine rings is 1. The van der Waals surface area contributed by atoms with E-state index < -0.39 is 17.8 Å². The van der Waals surface area contributed by atoms with Crippen LogP contribution in [0.5, 0.6) is 5.75 Å². The Kier molecular flexibility index (Phi) is 11.1. The average molecular weight is 878 g/mol. The number of anilines is 3. The number of benzene rings is 3. The molecule has 0 saturated carbocycles. The number of Topliss-reactive ketones (excluding diaryl/α,β-unsaturated/α-hetero) is 1. The van der Waals surface area contributed by atoms with Gasteiger partial charge in [0.15, 0.2) is 11.4 Å². The molecule has 332 valence electrons. The molecule has 3 aromatic carbocycles. The van der Waals surface area contributed by atoms with E-state index in [0.29, 0.717) is 59.8 Å². The molecule has 3 fully saturated rings. The summed E-state index contributed by atoms with van der Waals surface area (Å²) in [4.78, 5) is 72.7. The molecule has 3 saturated heterocycles. The first-order valence-electron chi connectivity index (χ1n) is 22.0. The third-order valence-electron chi connectivity index (χ3n) is 13.1. The normalized spacial score (nSPS) is 19.0. The summed E-state index contributed by atoms with van der Waals surface area (Å²) in [7, 11) is 1.46. The second-order valence-electron chi connectivity index (χ2n) is 17.1. The number of amides is 3. The summed E-state index contributed by atoms with van der Waals surface area (Å²) >= 11 is 0. The van der Waals surface area contributed by atoms with Crippen LogP contribution >= 0.6 is 0 Å². The number of nitrogen functional groups attached to an aromatic ring is 1. The fraction of sp³-hybridized carbons (Fsp3) is 0.333. The lowest BCUT2D eigenvalue weighted by molar-refractivity contribution is -0.136. The fourth-order valence-corrected chi connectivity index (χ4v) is 9.60. The second-order valence-corrected chi connectivity index (χ2v) is 17.1. The minimum Gasteiger partial charge on any atom is -0.496 e. The summed E-state index contributed by atoms with van der Waals surface area (Å²) in [5, 5.41) is 8.15. The van der Waals surface area contributed by atoms with Crippen molar-refractivity contribution in [3.05, 3.63) is 119 Å². The Morgan fingerprint density at radius 2 is 1.71 bits per heavy atom. The van der Waals surface area contributed by atoms with Gasteiger partial charge in [-0.25, -0.2) is 24.0 Å². The first-order valence-corrected chi connectivity index (χ1v) is 22.0. The summed E-state index contributed by atoms with van der Waals surface area (Å²) < 4.78 is 21.1. The fourth-order valence-electron chi connectivity index (χ4n) is 9.60. The zero-order valence-electron chi connectivity index (χ0n) is 36.0. The highest BCUT2D eigenvalue weighted by atomic mass is 19.1. The first kappa shape index (κ1) is 41.7. The molecule has 0 spiro atoms. The number of nitrogens with two attached hydrogens (primary N) is 1. The number of hydrogen-bond acceptors (Lipinski definition) is 13. The van der Waals surface area contributed by atoms with Gasteiger partial charge in [0, 0.05) is 88.2 Å². The number of ketones is 1. The topological polar surface area (TPSA) is 185 Å². The molecule has 3 amide bonds. The third kappa shape index (κ3) is 8.23. The monoisotopic (exact) mass is 877 g/mol. The van der Waals surface area contributed by atoms with E-state index in [0.717, 1.165) is 79.4 Å². The predicted molar refractivity (Wildman–Crippen MR) is 241 cm³/mol. The average Bonchev–Trinajstić information content (AvgIpc) is 4.05. The number of aryl methyl sites for hydroxylation is 1. The number of carbonyl (C=O) groups excluding carboxylic acids is 4. The lowest BCUT2D eigenvalue weighted by Crippen LogP contribution is -2.52. The number of ether oxygens (including phenoxy) is 1. The van der Waals surface area contributed by atoms with Crippen LogP contribution in [0.15, 0.2) is 85.3 Å². The number of piperazine rings is 1. The van der Waals surface area contributed by atoms with Gasteiger partial charge in [-0.1, -0.05) is 30.3 Å². The molecule has 16 nitrogen and oxygen atoms in total. The lowest BCUT2D eigenvalue weighted by atomic mass is 10.00. The van der Waals surface area contributed by atoms with Gasteiger partial charge in [-0.2, -0.15) is 5.10 Å². The van der Waals surface area contributed by atoms with Crippen molar-refractivity contribution in [1.82, 2.24) is 39.8 Å². The van der Waals surface area contributed by atoms with Gasteiger partial charge in [-0.15, -0.1) is 0 Å². The Labute approximate surface area is 374 Å². The molecule has 3 aromatic heterocycles. The lowest BCUT2D eigenvalue weighted by Gasteiger charge is -2.36.